The van der Waals surface area contributed by atoms with Crippen molar-refractivity contribution in [3.05, 3.63) is 58.6 Å². The van der Waals surface area contributed by atoms with Gasteiger partial charge < -0.3 is 4.74 Å². The molecular formula is C17H15F4N3O4S. The number of nitrogens with one attached hydrogen (secondary N) is 1. The summed E-state index contributed by atoms with van der Waals surface area (Å²) in [4.78, 5) is 11.4. The van der Waals surface area contributed by atoms with Crippen LogP contribution in [0.25, 0.3) is 10.9 Å². The molecule has 0 aliphatic carbocycles. The van der Waals surface area contributed by atoms with Gasteiger partial charge in [-0.1, -0.05) is 18.2 Å². The van der Waals surface area contributed by atoms with Crippen molar-refractivity contribution in [2.45, 2.75) is 17.7 Å². The molecule has 3 aromatic rings. The normalized spacial score (nSPS) is 12.4. The first-order valence-electron chi connectivity index (χ1n) is 8.16. The molecule has 3 rings (SSSR count). The van der Waals surface area contributed by atoms with E-state index in [-0.39, 0.29) is 18.7 Å². The largest absolute Gasteiger partial charge is 0.498 e. The minimum absolute atomic E-state index is 0.0208. The van der Waals surface area contributed by atoms with Crippen LogP contribution in [0, 0.1) is 5.82 Å². The van der Waals surface area contributed by atoms with Gasteiger partial charge in [0, 0.05) is 7.11 Å². The SMILES string of the molecule is COCCn1[nH]c(=O)c2c(F)c(N(C(F)(F)F)S(=O)(=O)c3ccccc3)ccc21. The maximum Gasteiger partial charge on any atom is 0.498 e. The van der Waals surface area contributed by atoms with E-state index in [0.29, 0.717) is 6.07 Å². The highest BCUT2D eigenvalue weighted by molar-refractivity contribution is 7.92. The number of benzene rings is 2. The number of H-pyrrole nitrogens is 1. The molecule has 0 spiro atoms. The molecule has 156 valence electrons. The van der Waals surface area contributed by atoms with Crippen molar-refractivity contribution < 1.29 is 30.7 Å². The van der Waals surface area contributed by atoms with E-state index in [9.17, 15) is 26.4 Å². The lowest BCUT2D eigenvalue weighted by atomic mass is 10.2. The van der Waals surface area contributed by atoms with Crippen LogP contribution in [0.3, 0.4) is 0 Å². The van der Waals surface area contributed by atoms with Crippen LogP contribution in [0.2, 0.25) is 0 Å². The molecule has 0 unspecified atom stereocenters. The second kappa shape index (κ2) is 7.52. The molecule has 0 saturated carbocycles. The van der Waals surface area contributed by atoms with E-state index < -0.39 is 48.0 Å². The predicted octanol–water partition coefficient (Wildman–Crippen LogP) is 2.83. The number of rotatable bonds is 6. The van der Waals surface area contributed by atoms with E-state index in [1.807, 2.05) is 0 Å². The number of sulfonamides is 1. The number of anilines is 1. The van der Waals surface area contributed by atoms with Crippen molar-refractivity contribution in [3.8, 4) is 0 Å². The summed E-state index contributed by atoms with van der Waals surface area (Å²) in [6, 6.07) is 7.52. The summed E-state index contributed by atoms with van der Waals surface area (Å²) in [5.41, 5.74) is -2.31. The van der Waals surface area contributed by atoms with Gasteiger partial charge in [-0.05, 0) is 24.3 Å². The Morgan fingerprint density at radius 1 is 1.14 bits per heavy atom. The molecule has 12 heteroatoms. The van der Waals surface area contributed by atoms with E-state index in [4.69, 9.17) is 4.74 Å². The molecule has 1 aromatic heterocycles. The Labute approximate surface area is 162 Å². The summed E-state index contributed by atoms with van der Waals surface area (Å²) in [5, 5.41) is 1.61. The van der Waals surface area contributed by atoms with Gasteiger partial charge in [0.25, 0.3) is 15.6 Å². The molecule has 0 atom stereocenters. The smallest absolute Gasteiger partial charge is 0.383 e. The molecule has 0 aliphatic heterocycles. The number of ether oxygens (including phenoxy) is 1. The number of alkyl halides is 3. The number of halogens is 4. The van der Waals surface area contributed by atoms with Crippen LogP contribution in [0.4, 0.5) is 23.2 Å². The van der Waals surface area contributed by atoms with Crippen LogP contribution in [-0.2, 0) is 21.3 Å². The van der Waals surface area contributed by atoms with Gasteiger partial charge in [0.15, 0.2) is 5.82 Å². The second-order valence-corrected chi connectivity index (χ2v) is 7.72. The van der Waals surface area contributed by atoms with Gasteiger partial charge in [0.2, 0.25) is 0 Å². The van der Waals surface area contributed by atoms with E-state index in [2.05, 4.69) is 5.10 Å². The fourth-order valence-electron chi connectivity index (χ4n) is 2.85. The third kappa shape index (κ3) is 3.72. The molecule has 29 heavy (non-hydrogen) atoms. The van der Waals surface area contributed by atoms with Crippen molar-refractivity contribution in [3.63, 3.8) is 0 Å². The summed E-state index contributed by atoms with van der Waals surface area (Å²) in [7, 11) is -3.79. The average Bonchev–Trinajstić information content (AvgIpc) is 2.98. The number of nitrogens with zero attached hydrogens (tertiary/aromatic N) is 2. The standard InChI is InChI=1S/C17H15F4N3O4S/c1-28-10-9-23-12-7-8-13(15(18)14(12)16(25)22-23)24(17(19,20)21)29(26,27)11-5-3-2-4-6-11/h2-8H,9-10H2,1H3,(H,22,25). The quantitative estimate of drug-likeness (QED) is 0.479. The Kier molecular flexibility index (Phi) is 5.41. The topological polar surface area (TPSA) is 84.4 Å². The lowest BCUT2D eigenvalue weighted by Gasteiger charge is -2.26. The molecule has 0 aliphatic rings. The fraction of sp³-hybridized carbons (Fsp3) is 0.235. The van der Waals surface area contributed by atoms with Crippen LogP contribution >= 0.6 is 0 Å². The zero-order valence-electron chi connectivity index (χ0n) is 14.9. The zero-order chi connectivity index (χ0) is 21.4. The molecule has 0 fully saturated rings. The number of hydrogen-bond acceptors (Lipinski definition) is 4. The van der Waals surface area contributed by atoms with Gasteiger partial charge >= 0.3 is 6.30 Å². The molecular weight excluding hydrogens is 418 g/mol. The first-order valence-corrected chi connectivity index (χ1v) is 9.60. The molecule has 2 aromatic carbocycles. The number of fused-ring (bicyclic) bond motifs is 1. The van der Waals surface area contributed by atoms with Gasteiger partial charge in [-0.25, -0.2) is 12.8 Å². The second-order valence-electron chi connectivity index (χ2n) is 5.93. The molecule has 1 heterocycles. The minimum Gasteiger partial charge on any atom is -0.383 e. The Bertz CT molecular complexity index is 1190. The molecule has 7 nitrogen and oxygen atoms in total. The highest BCUT2D eigenvalue weighted by atomic mass is 32.2. The monoisotopic (exact) mass is 433 g/mol. The maximum absolute atomic E-state index is 15.0. The van der Waals surface area contributed by atoms with Crippen molar-refractivity contribution in [2.75, 3.05) is 18.0 Å². The molecule has 1 N–H and O–H groups in total. The zero-order valence-corrected chi connectivity index (χ0v) is 15.7. The van der Waals surface area contributed by atoms with Crippen LogP contribution in [0.5, 0.6) is 0 Å². The summed E-state index contributed by atoms with van der Waals surface area (Å²) >= 11 is 0. The van der Waals surface area contributed by atoms with Gasteiger partial charge in [-0.3, -0.25) is 14.6 Å². The van der Waals surface area contributed by atoms with E-state index >= 15 is 4.39 Å². The molecule has 0 radical (unpaired) electrons. The van der Waals surface area contributed by atoms with Crippen LogP contribution in [0.15, 0.2) is 52.2 Å². The van der Waals surface area contributed by atoms with Crippen LogP contribution in [0.1, 0.15) is 0 Å². The van der Waals surface area contributed by atoms with Crippen LogP contribution < -0.4 is 9.86 Å². The lowest BCUT2D eigenvalue weighted by molar-refractivity contribution is -0.116. The van der Waals surface area contributed by atoms with Crippen molar-refractivity contribution >= 4 is 26.6 Å². The van der Waals surface area contributed by atoms with Crippen LogP contribution in [-0.4, -0.2) is 38.2 Å². The van der Waals surface area contributed by atoms with Gasteiger partial charge in [0.05, 0.1) is 29.3 Å². The Balaban J connectivity index is 2.24. The van der Waals surface area contributed by atoms with Crippen molar-refractivity contribution in [1.29, 1.82) is 0 Å². The third-order valence-corrected chi connectivity index (χ3v) is 5.86. The summed E-state index contributed by atoms with van der Waals surface area (Å²) < 4.78 is 86.5. The Morgan fingerprint density at radius 2 is 1.79 bits per heavy atom. The predicted molar refractivity (Wildman–Crippen MR) is 96.6 cm³/mol. The first kappa shape index (κ1) is 20.9. The Hall–Kier alpha value is -2.86. The van der Waals surface area contributed by atoms with E-state index in [0.717, 1.165) is 18.2 Å². The first-order chi connectivity index (χ1) is 13.6. The number of aromatic nitrogens is 2. The Morgan fingerprint density at radius 3 is 2.38 bits per heavy atom. The van der Waals surface area contributed by atoms with Gasteiger partial charge in [0.1, 0.15) is 5.39 Å². The highest BCUT2D eigenvalue weighted by Gasteiger charge is 2.48. The number of aromatic amines is 1. The molecule has 0 bridgehead atoms. The summed E-state index contributed by atoms with van der Waals surface area (Å²) in [6.45, 7) is 0.263. The number of methoxy groups -OCH3 is 1. The number of hydrogen-bond donors (Lipinski definition) is 1. The fourth-order valence-corrected chi connectivity index (χ4v) is 4.23. The summed E-state index contributed by atoms with van der Waals surface area (Å²) in [6.07, 6.45) is -5.48. The van der Waals surface area contributed by atoms with Crippen molar-refractivity contribution in [2.24, 2.45) is 0 Å². The lowest BCUT2D eigenvalue weighted by Crippen LogP contribution is -2.43. The minimum atomic E-state index is -5.48. The van der Waals surface area contributed by atoms with Gasteiger partial charge in [-0.15, -0.1) is 13.2 Å². The highest BCUT2D eigenvalue weighted by Crippen LogP contribution is 2.37. The maximum atomic E-state index is 15.0. The third-order valence-electron chi connectivity index (χ3n) is 4.10. The molecule has 0 amide bonds. The van der Waals surface area contributed by atoms with Crippen molar-refractivity contribution in [1.82, 2.24) is 9.78 Å². The van der Waals surface area contributed by atoms with Gasteiger partial charge in [-0.2, -0.15) is 4.31 Å². The van der Waals surface area contributed by atoms with E-state index in [1.165, 1.54) is 30.0 Å². The molecule has 0 saturated heterocycles. The average molecular weight is 433 g/mol. The van der Waals surface area contributed by atoms with E-state index in [1.54, 1.807) is 0 Å². The summed E-state index contributed by atoms with van der Waals surface area (Å²) in [5.74, 6) is -1.60.